The van der Waals surface area contributed by atoms with Crippen LogP contribution in [-0.4, -0.2) is 52.9 Å². The summed E-state index contributed by atoms with van der Waals surface area (Å²) in [5, 5.41) is 14.3. The molecule has 1 atom stereocenters. The van der Waals surface area contributed by atoms with E-state index in [1.807, 2.05) is 18.2 Å². The molecule has 2 N–H and O–H groups in total. The topological polar surface area (TPSA) is 70.5 Å². The Kier molecular flexibility index (Phi) is 6.40. The molecule has 1 aliphatic rings. The van der Waals surface area contributed by atoms with Crippen LogP contribution < -0.4 is 5.32 Å². The largest absolute Gasteiger partial charge is 0.396 e. The first-order chi connectivity index (χ1) is 14.2. The van der Waals surface area contributed by atoms with Gasteiger partial charge in [0.05, 0.1) is 31.2 Å². The Morgan fingerprint density at radius 2 is 1.93 bits per heavy atom. The highest BCUT2D eigenvalue weighted by Crippen LogP contribution is 2.35. The van der Waals surface area contributed by atoms with Crippen LogP contribution in [0.25, 0.3) is 10.2 Å². The molecule has 1 saturated heterocycles. The van der Waals surface area contributed by atoms with Gasteiger partial charge in [-0.2, -0.15) is 0 Å². The fourth-order valence-corrected chi connectivity index (χ4v) is 4.78. The van der Waals surface area contributed by atoms with Crippen LogP contribution in [0.3, 0.4) is 0 Å². The molecule has 0 amide bonds. The van der Waals surface area contributed by atoms with E-state index in [1.54, 1.807) is 11.3 Å². The zero-order valence-corrected chi connectivity index (χ0v) is 17.8. The van der Waals surface area contributed by atoms with Crippen molar-refractivity contribution in [2.75, 3.05) is 38.2 Å². The molecule has 0 radical (unpaired) electrons. The summed E-state index contributed by atoms with van der Waals surface area (Å²) in [6.45, 7) is 8.44. The van der Waals surface area contributed by atoms with Gasteiger partial charge in [-0.25, -0.2) is 9.97 Å². The summed E-state index contributed by atoms with van der Waals surface area (Å²) in [6.07, 6.45) is 0.622. The average Bonchev–Trinajstić information content (AvgIpc) is 3.03. The molecular weight excluding hydrogens is 384 g/mol. The van der Waals surface area contributed by atoms with E-state index in [1.165, 1.54) is 10.4 Å². The summed E-state index contributed by atoms with van der Waals surface area (Å²) in [7, 11) is 0. The number of nitrogens with zero attached hydrogens (tertiary/aromatic N) is 3. The molecule has 1 aromatic carbocycles. The van der Waals surface area contributed by atoms with Crippen LogP contribution in [0.15, 0.2) is 30.3 Å². The van der Waals surface area contributed by atoms with Crippen LogP contribution >= 0.6 is 11.3 Å². The number of aliphatic hydroxyl groups is 1. The number of morpholine rings is 1. The molecule has 0 spiro atoms. The van der Waals surface area contributed by atoms with Gasteiger partial charge in [0.15, 0.2) is 0 Å². The van der Waals surface area contributed by atoms with Gasteiger partial charge in [0, 0.05) is 24.6 Å². The zero-order chi connectivity index (χ0) is 20.2. The molecule has 2 aromatic heterocycles. The van der Waals surface area contributed by atoms with Crippen molar-refractivity contribution in [1.82, 2.24) is 14.9 Å². The van der Waals surface area contributed by atoms with E-state index in [0.717, 1.165) is 60.3 Å². The monoisotopic (exact) mass is 412 g/mol. The number of aliphatic hydroxyl groups excluding tert-OH is 1. The maximum absolute atomic E-state index is 9.63. The van der Waals surface area contributed by atoms with Crippen molar-refractivity contribution in [3.05, 3.63) is 52.2 Å². The van der Waals surface area contributed by atoms with Crippen molar-refractivity contribution < 1.29 is 9.84 Å². The molecule has 1 fully saturated rings. The van der Waals surface area contributed by atoms with Gasteiger partial charge in [-0.3, -0.25) is 4.90 Å². The second-order valence-corrected chi connectivity index (χ2v) is 8.66. The van der Waals surface area contributed by atoms with E-state index >= 15 is 0 Å². The van der Waals surface area contributed by atoms with Crippen LogP contribution in [0.5, 0.6) is 0 Å². The second-order valence-electron chi connectivity index (χ2n) is 7.46. The number of fused-ring (bicyclic) bond motifs is 1. The molecule has 154 valence electrons. The Morgan fingerprint density at radius 1 is 1.17 bits per heavy atom. The predicted octanol–water partition coefficient (Wildman–Crippen LogP) is 3.68. The molecule has 0 aliphatic carbocycles. The normalized spacial score (nSPS) is 16.2. The highest BCUT2D eigenvalue weighted by atomic mass is 32.1. The van der Waals surface area contributed by atoms with Gasteiger partial charge in [0.2, 0.25) is 0 Å². The lowest BCUT2D eigenvalue weighted by molar-refractivity contribution is 0.0331. The highest BCUT2D eigenvalue weighted by Gasteiger charge is 2.20. The van der Waals surface area contributed by atoms with Gasteiger partial charge < -0.3 is 15.2 Å². The molecule has 6 nitrogen and oxygen atoms in total. The molecule has 7 heteroatoms. The first-order valence-electron chi connectivity index (χ1n) is 10.1. The van der Waals surface area contributed by atoms with E-state index in [0.29, 0.717) is 6.42 Å². The molecule has 0 saturated carbocycles. The van der Waals surface area contributed by atoms with Crippen LogP contribution in [0.1, 0.15) is 34.3 Å². The third-order valence-corrected chi connectivity index (χ3v) is 6.58. The first kappa shape index (κ1) is 20.2. The maximum atomic E-state index is 9.63. The summed E-state index contributed by atoms with van der Waals surface area (Å²) >= 11 is 1.72. The van der Waals surface area contributed by atoms with Crippen molar-refractivity contribution in [1.29, 1.82) is 0 Å². The van der Waals surface area contributed by atoms with Crippen molar-refractivity contribution in [2.45, 2.75) is 32.9 Å². The van der Waals surface area contributed by atoms with E-state index in [-0.39, 0.29) is 12.6 Å². The molecule has 3 aromatic rings. The third kappa shape index (κ3) is 4.59. The minimum absolute atomic E-state index is 0.00450. The second kappa shape index (κ2) is 9.17. The SMILES string of the molecule is Cc1sc2nc(CN3CCOCC3)nc(N[C@@H](CCO)c3ccccc3)c2c1C. The maximum Gasteiger partial charge on any atom is 0.146 e. The number of anilines is 1. The molecular formula is C22H28N4O2S. The van der Waals surface area contributed by atoms with E-state index in [2.05, 4.69) is 36.2 Å². The Hall–Kier alpha value is -2.06. The van der Waals surface area contributed by atoms with Crippen LogP contribution in [0.4, 0.5) is 5.82 Å². The van der Waals surface area contributed by atoms with Gasteiger partial charge in [-0.15, -0.1) is 11.3 Å². The number of aromatic nitrogens is 2. The van der Waals surface area contributed by atoms with Gasteiger partial charge in [0.25, 0.3) is 0 Å². The summed E-state index contributed by atoms with van der Waals surface area (Å²) in [5.74, 6) is 1.70. The quantitative estimate of drug-likeness (QED) is 0.617. The minimum atomic E-state index is -0.00450. The number of nitrogens with one attached hydrogen (secondary N) is 1. The van der Waals surface area contributed by atoms with Gasteiger partial charge in [-0.05, 0) is 31.4 Å². The molecule has 1 aliphatic heterocycles. The average molecular weight is 413 g/mol. The Labute approximate surface area is 175 Å². The van der Waals surface area contributed by atoms with Crippen LogP contribution in [0, 0.1) is 13.8 Å². The summed E-state index contributed by atoms with van der Waals surface area (Å²) in [6, 6.07) is 10.2. The lowest BCUT2D eigenvalue weighted by atomic mass is 10.0. The van der Waals surface area contributed by atoms with Crippen LogP contribution in [-0.2, 0) is 11.3 Å². The smallest absolute Gasteiger partial charge is 0.146 e. The van der Waals surface area contributed by atoms with Crippen molar-refractivity contribution in [3.63, 3.8) is 0 Å². The van der Waals surface area contributed by atoms with Gasteiger partial charge in [-0.1, -0.05) is 30.3 Å². The lowest BCUT2D eigenvalue weighted by Crippen LogP contribution is -2.36. The molecule has 29 heavy (non-hydrogen) atoms. The number of aryl methyl sites for hydroxylation is 2. The summed E-state index contributed by atoms with van der Waals surface area (Å²) in [5.41, 5.74) is 2.37. The number of ether oxygens (including phenoxy) is 1. The fraction of sp³-hybridized carbons (Fsp3) is 0.455. The number of thiophene rings is 1. The van der Waals surface area contributed by atoms with E-state index in [4.69, 9.17) is 14.7 Å². The zero-order valence-electron chi connectivity index (χ0n) is 17.0. The fourth-order valence-electron chi connectivity index (χ4n) is 3.73. The van der Waals surface area contributed by atoms with Crippen molar-refractivity contribution >= 4 is 27.4 Å². The Balaban J connectivity index is 1.70. The number of benzene rings is 1. The Morgan fingerprint density at radius 3 is 2.66 bits per heavy atom. The van der Waals surface area contributed by atoms with Crippen LogP contribution in [0.2, 0.25) is 0 Å². The standard InChI is InChI=1S/C22H28N4O2S/c1-15-16(2)29-22-20(15)21(23-18(8-11-27)17-6-4-3-5-7-17)24-19(25-22)14-26-9-12-28-13-10-26/h3-7,18,27H,8-14H2,1-2H3,(H,23,24,25)/t18-/m0/s1. The van der Waals surface area contributed by atoms with E-state index in [9.17, 15) is 5.11 Å². The first-order valence-corrected chi connectivity index (χ1v) is 11.0. The molecule has 0 bridgehead atoms. The number of rotatable bonds is 7. The summed E-state index contributed by atoms with van der Waals surface area (Å²) in [4.78, 5) is 14.4. The molecule has 0 unspecified atom stereocenters. The van der Waals surface area contributed by atoms with Crippen molar-refractivity contribution in [3.8, 4) is 0 Å². The molecule has 3 heterocycles. The van der Waals surface area contributed by atoms with Gasteiger partial charge >= 0.3 is 0 Å². The predicted molar refractivity (Wildman–Crippen MR) is 117 cm³/mol. The van der Waals surface area contributed by atoms with Gasteiger partial charge in [0.1, 0.15) is 16.5 Å². The highest BCUT2D eigenvalue weighted by molar-refractivity contribution is 7.18. The van der Waals surface area contributed by atoms with E-state index < -0.39 is 0 Å². The minimum Gasteiger partial charge on any atom is -0.396 e. The Bertz CT molecular complexity index is 954. The van der Waals surface area contributed by atoms with Crippen molar-refractivity contribution in [2.24, 2.45) is 0 Å². The summed E-state index contributed by atoms with van der Waals surface area (Å²) < 4.78 is 5.46. The number of hydrogen-bond acceptors (Lipinski definition) is 7. The third-order valence-electron chi connectivity index (χ3n) is 5.47. The molecule has 4 rings (SSSR count). The lowest BCUT2D eigenvalue weighted by Gasteiger charge is -2.26. The number of hydrogen-bond donors (Lipinski definition) is 2.